The monoisotopic (exact) mass is 247 g/mol. The van der Waals surface area contributed by atoms with Gasteiger partial charge in [-0.3, -0.25) is 0 Å². The summed E-state index contributed by atoms with van der Waals surface area (Å²) < 4.78 is 5.55. The van der Waals surface area contributed by atoms with Crippen molar-refractivity contribution >= 4 is 0 Å². The predicted octanol–water partition coefficient (Wildman–Crippen LogP) is 2.98. The molecule has 0 aromatic heterocycles. The van der Waals surface area contributed by atoms with Crippen molar-refractivity contribution in [3.05, 3.63) is 35.4 Å². The number of fused-ring (bicyclic) bond motifs is 1. The SMILES string of the molecule is CCOCC(NCC1Cc2ccccc21)C(C)C. The van der Waals surface area contributed by atoms with Crippen molar-refractivity contribution in [3.8, 4) is 0 Å². The third-order valence-corrected chi connectivity index (χ3v) is 3.89. The Morgan fingerprint density at radius 1 is 1.33 bits per heavy atom. The summed E-state index contributed by atoms with van der Waals surface area (Å²) in [6.07, 6.45) is 1.22. The van der Waals surface area contributed by atoms with Gasteiger partial charge in [0.05, 0.1) is 6.61 Å². The lowest BCUT2D eigenvalue weighted by Crippen LogP contribution is -2.42. The number of ether oxygens (including phenoxy) is 1. The third kappa shape index (κ3) is 3.12. The molecule has 0 spiro atoms. The molecule has 0 amide bonds. The highest BCUT2D eigenvalue weighted by Gasteiger charge is 2.26. The molecule has 18 heavy (non-hydrogen) atoms. The normalized spacial score (nSPS) is 19.4. The molecule has 0 heterocycles. The highest BCUT2D eigenvalue weighted by atomic mass is 16.5. The fourth-order valence-corrected chi connectivity index (χ4v) is 2.57. The van der Waals surface area contributed by atoms with Crippen LogP contribution in [0.15, 0.2) is 24.3 Å². The van der Waals surface area contributed by atoms with Gasteiger partial charge in [-0.05, 0) is 30.4 Å². The molecule has 0 radical (unpaired) electrons. The second-order valence-electron chi connectivity index (χ2n) is 5.52. The lowest BCUT2D eigenvalue weighted by Gasteiger charge is -2.32. The van der Waals surface area contributed by atoms with Crippen molar-refractivity contribution in [1.82, 2.24) is 5.32 Å². The van der Waals surface area contributed by atoms with Crippen LogP contribution < -0.4 is 5.32 Å². The fraction of sp³-hybridized carbons (Fsp3) is 0.625. The van der Waals surface area contributed by atoms with Gasteiger partial charge in [-0.2, -0.15) is 0 Å². The quantitative estimate of drug-likeness (QED) is 0.800. The molecule has 1 aliphatic carbocycles. The highest BCUT2D eigenvalue weighted by Crippen LogP contribution is 2.34. The Balaban J connectivity index is 1.81. The van der Waals surface area contributed by atoms with Crippen molar-refractivity contribution < 1.29 is 4.74 Å². The first-order valence-corrected chi connectivity index (χ1v) is 7.11. The number of nitrogens with one attached hydrogen (secondary N) is 1. The van der Waals surface area contributed by atoms with Crippen molar-refractivity contribution in [3.63, 3.8) is 0 Å². The molecule has 0 fully saturated rings. The van der Waals surface area contributed by atoms with E-state index in [4.69, 9.17) is 4.74 Å². The molecule has 2 unspecified atom stereocenters. The number of rotatable bonds is 7. The molecule has 1 aliphatic rings. The number of hydrogen-bond acceptors (Lipinski definition) is 2. The second kappa shape index (κ2) is 6.35. The van der Waals surface area contributed by atoms with E-state index in [1.807, 2.05) is 0 Å². The molecule has 0 aliphatic heterocycles. The summed E-state index contributed by atoms with van der Waals surface area (Å²) in [6.45, 7) is 9.27. The van der Waals surface area contributed by atoms with Crippen LogP contribution in [0.1, 0.15) is 37.8 Å². The number of benzene rings is 1. The van der Waals surface area contributed by atoms with Gasteiger partial charge in [-0.15, -0.1) is 0 Å². The molecular formula is C16H25NO. The van der Waals surface area contributed by atoms with Crippen molar-refractivity contribution in [2.45, 2.75) is 39.2 Å². The van der Waals surface area contributed by atoms with Gasteiger partial charge in [-0.1, -0.05) is 38.1 Å². The van der Waals surface area contributed by atoms with E-state index < -0.39 is 0 Å². The van der Waals surface area contributed by atoms with Gasteiger partial charge in [0.25, 0.3) is 0 Å². The maximum Gasteiger partial charge on any atom is 0.0621 e. The van der Waals surface area contributed by atoms with E-state index in [0.29, 0.717) is 17.9 Å². The van der Waals surface area contributed by atoms with Crippen LogP contribution in [0.5, 0.6) is 0 Å². The molecule has 2 heteroatoms. The average Bonchev–Trinajstić information content (AvgIpc) is 2.33. The molecule has 0 saturated carbocycles. The molecule has 100 valence electrons. The Bertz CT molecular complexity index is 375. The molecule has 2 nitrogen and oxygen atoms in total. The van der Waals surface area contributed by atoms with Crippen LogP contribution in [0.2, 0.25) is 0 Å². The van der Waals surface area contributed by atoms with Crippen molar-refractivity contribution in [2.24, 2.45) is 5.92 Å². The third-order valence-electron chi connectivity index (χ3n) is 3.89. The van der Waals surface area contributed by atoms with Crippen LogP contribution in [0.25, 0.3) is 0 Å². The summed E-state index contributed by atoms with van der Waals surface area (Å²) >= 11 is 0. The van der Waals surface area contributed by atoms with E-state index in [9.17, 15) is 0 Å². The Labute approximate surface area is 111 Å². The summed E-state index contributed by atoms with van der Waals surface area (Å²) in [5, 5.41) is 3.67. The zero-order valence-electron chi connectivity index (χ0n) is 11.8. The Hall–Kier alpha value is -0.860. The summed E-state index contributed by atoms with van der Waals surface area (Å²) in [5.41, 5.74) is 3.05. The summed E-state index contributed by atoms with van der Waals surface area (Å²) in [4.78, 5) is 0. The molecule has 1 N–H and O–H groups in total. The van der Waals surface area contributed by atoms with Gasteiger partial charge in [-0.25, -0.2) is 0 Å². The van der Waals surface area contributed by atoms with Crippen LogP contribution in [0.3, 0.4) is 0 Å². The van der Waals surface area contributed by atoms with Gasteiger partial charge in [0.15, 0.2) is 0 Å². The van der Waals surface area contributed by atoms with E-state index in [1.165, 1.54) is 17.5 Å². The Morgan fingerprint density at radius 2 is 2.11 bits per heavy atom. The van der Waals surface area contributed by atoms with Crippen LogP contribution in [0.4, 0.5) is 0 Å². The lowest BCUT2D eigenvalue weighted by atomic mass is 9.77. The highest BCUT2D eigenvalue weighted by molar-refractivity contribution is 5.40. The smallest absolute Gasteiger partial charge is 0.0621 e. The molecule has 0 bridgehead atoms. The van der Waals surface area contributed by atoms with Crippen molar-refractivity contribution in [1.29, 1.82) is 0 Å². The molecule has 1 aromatic rings. The van der Waals surface area contributed by atoms with Crippen LogP contribution in [-0.2, 0) is 11.2 Å². The zero-order valence-corrected chi connectivity index (χ0v) is 11.8. The minimum Gasteiger partial charge on any atom is -0.380 e. The fourth-order valence-electron chi connectivity index (χ4n) is 2.57. The molecule has 1 aromatic carbocycles. The van der Waals surface area contributed by atoms with Gasteiger partial charge in [0.1, 0.15) is 0 Å². The van der Waals surface area contributed by atoms with Gasteiger partial charge in [0, 0.05) is 25.1 Å². The minimum atomic E-state index is 0.470. The first-order valence-electron chi connectivity index (χ1n) is 7.11. The lowest BCUT2D eigenvalue weighted by molar-refractivity contribution is 0.107. The van der Waals surface area contributed by atoms with E-state index in [2.05, 4.69) is 50.4 Å². The molecule has 0 saturated heterocycles. The van der Waals surface area contributed by atoms with Gasteiger partial charge >= 0.3 is 0 Å². The average molecular weight is 247 g/mol. The van der Waals surface area contributed by atoms with Crippen LogP contribution in [-0.4, -0.2) is 25.8 Å². The zero-order chi connectivity index (χ0) is 13.0. The first-order chi connectivity index (χ1) is 8.72. The summed E-state index contributed by atoms with van der Waals surface area (Å²) in [7, 11) is 0. The summed E-state index contributed by atoms with van der Waals surface area (Å²) in [5.74, 6) is 1.32. The van der Waals surface area contributed by atoms with E-state index >= 15 is 0 Å². The molecule has 2 rings (SSSR count). The van der Waals surface area contributed by atoms with E-state index in [-0.39, 0.29) is 0 Å². The predicted molar refractivity (Wildman–Crippen MR) is 76.0 cm³/mol. The topological polar surface area (TPSA) is 21.3 Å². The molecular weight excluding hydrogens is 222 g/mol. The Morgan fingerprint density at radius 3 is 2.78 bits per heavy atom. The van der Waals surface area contributed by atoms with E-state index in [1.54, 1.807) is 0 Å². The minimum absolute atomic E-state index is 0.470. The van der Waals surface area contributed by atoms with Crippen LogP contribution >= 0.6 is 0 Å². The molecule has 2 atom stereocenters. The maximum atomic E-state index is 5.55. The number of hydrogen-bond donors (Lipinski definition) is 1. The summed E-state index contributed by atoms with van der Waals surface area (Å²) in [6, 6.07) is 9.25. The standard InChI is InChI=1S/C16H25NO/c1-4-18-11-16(12(2)3)17-10-14-9-13-7-5-6-8-15(13)14/h5-8,12,14,16-17H,4,9-11H2,1-3H3. The Kier molecular flexibility index (Phi) is 4.79. The van der Waals surface area contributed by atoms with Gasteiger partial charge < -0.3 is 10.1 Å². The largest absolute Gasteiger partial charge is 0.380 e. The first kappa shape index (κ1) is 13.6. The van der Waals surface area contributed by atoms with Crippen molar-refractivity contribution in [2.75, 3.05) is 19.8 Å². The van der Waals surface area contributed by atoms with E-state index in [0.717, 1.165) is 19.8 Å². The van der Waals surface area contributed by atoms with Crippen LogP contribution in [0, 0.1) is 5.92 Å². The maximum absolute atomic E-state index is 5.55. The van der Waals surface area contributed by atoms with Gasteiger partial charge in [0.2, 0.25) is 0 Å². The second-order valence-corrected chi connectivity index (χ2v) is 5.52.